The molecule has 0 saturated carbocycles. The van der Waals surface area contributed by atoms with Crippen LogP contribution in [0.3, 0.4) is 0 Å². The van der Waals surface area contributed by atoms with E-state index < -0.39 is 10.8 Å². The van der Waals surface area contributed by atoms with Gasteiger partial charge < -0.3 is 4.57 Å². The molecule has 1 heterocycles. The van der Waals surface area contributed by atoms with Crippen LogP contribution in [0.1, 0.15) is 0 Å². The number of nitrogens with zero attached hydrogens (tertiary/aromatic N) is 1. The number of fused-ring (bicyclic) bond motifs is 1. The Hall–Kier alpha value is -1.13. The van der Waals surface area contributed by atoms with Gasteiger partial charge in [0.15, 0.2) is 0 Å². The topological polar surface area (TPSA) is 39.1 Å². The lowest BCUT2D eigenvalue weighted by molar-refractivity contribution is 0.684. The average molecular weight is 256 g/mol. The van der Waals surface area contributed by atoms with Gasteiger partial charge in [0.05, 0.1) is 21.3 Å². The van der Waals surface area contributed by atoms with Crippen LogP contribution in [0.2, 0.25) is 5.02 Å². The van der Waals surface area contributed by atoms with Crippen LogP contribution in [0.4, 0.5) is 0 Å². The fraction of sp³-hybridized carbons (Fsp3) is 0.182. The van der Waals surface area contributed by atoms with Gasteiger partial charge in [0.25, 0.3) is 5.56 Å². The van der Waals surface area contributed by atoms with Crippen LogP contribution >= 0.6 is 11.6 Å². The molecule has 0 fully saturated rings. The van der Waals surface area contributed by atoms with Crippen LogP contribution < -0.4 is 5.56 Å². The minimum Gasteiger partial charge on any atom is -0.310 e. The van der Waals surface area contributed by atoms with Gasteiger partial charge in [0, 0.05) is 18.7 Å². The van der Waals surface area contributed by atoms with Gasteiger partial charge in [0.2, 0.25) is 0 Å². The van der Waals surface area contributed by atoms with Crippen molar-refractivity contribution in [2.75, 3.05) is 6.26 Å². The first-order valence-electron chi connectivity index (χ1n) is 4.64. The van der Waals surface area contributed by atoms with Crippen molar-refractivity contribution in [3.05, 3.63) is 39.6 Å². The number of benzene rings is 1. The highest BCUT2D eigenvalue weighted by Gasteiger charge is 2.15. The zero-order valence-electron chi connectivity index (χ0n) is 8.86. The molecule has 0 aliphatic rings. The second-order valence-corrected chi connectivity index (χ2v) is 5.17. The minimum atomic E-state index is -1.38. The summed E-state index contributed by atoms with van der Waals surface area (Å²) < 4.78 is 13.0. The van der Waals surface area contributed by atoms with Crippen molar-refractivity contribution in [1.29, 1.82) is 0 Å². The van der Waals surface area contributed by atoms with E-state index in [-0.39, 0.29) is 10.5 Å². The molecule has 0 bridgehead atoms. The van der Waals surface area contributed by atoms with Crippen LogP contribution in [0, 0.1) is 0 Å². The Morgan fingerprint density at radius 1 is 1.31 bits per heavy atom. The number of pyridine rings is 1. The van der Waals surface area contributed by atoms with E-state index in [0.717, 1.165) is 10.9 Å². The summed E-state index contributed by atoms with van der Waals surface area (Å²) in [6.45, 7) is 0. The standard InChI is InChI=1S/C11H10ClNO2S/c1-13-8-6-4-3-5-7(8)9(12)10(11(13)14)16(2)15/h3-6H,1-2H3. The van der Waals surface area contributed by atoms with Crippen LogP contribution in [-0.2, 0) is 17.8 Å². The molecule has 5 heteroatoms. The first-order chi connectivity index (χ1) is 7.54. The highest BCUT2D eigenvalue weighted by molar-refractivity contribution is 7.84. The minimum absolute atomic E-state index is 0.169. The number of hydrogen-bond donors (Lipinski definition) is 0. The van der Waals surface area contributed by atoms with Gasteiger partial charge >= 0.3 is 0 Å². The van der Waals surface area contributed by atoms with Crippen LogP contribution in [0.25, 0.3) is 10.9 Å². The summed E-state index contributed by atoms with van der Waals surface area (Å²) in [5, 5.41) is 1.04. The second-order valence-electron chi connectivity index (χ2n) is 3.48. The van der Waals surface area contributed by atoms with Crippen LogP contribution in [0.15, 0.2) is 34.0 Å². The second kappa shape index (κ2) is 4.03. The summed E-state index contributed by atoms with van der Waals surface area (Å²) in [6.07, 6.45) is 1.46. The molecule has 0 radical (unpaired) electrons. The number of para-hydroxylation sites is 1. The predicted octanol–water partition coefficient (Wildman–Crippen LogP) is 1.93. The first-order valence-corrected chi connectivity index (χ1v) is 6.58. The van der Waals surface area contributed by atoms with Crippen LogP contribution in [-0.4, -0.2) is 15.0 Å². The fourth-order valence-electron chi connectivity index (χ4n) is 1.68. The highest BCUT2D eigenvalue weighted by Crippen LogP contribution is 2.25. The lowest BCUT2D eigenvalue weighted by Crippen LogP contribution is -2.22. The molecule has 0 spiro atoms. The summed E-state index contributed by atoms with van der Waals surface area (Å²) in [4.78, 5) is 12.1. The third kappa shape index (κ3) is 1.58. The molecule has 0 saturated heterocycles. The third-order valence-electron chi connectivity index (χ3n) is 2.49. The van der Waals surface area contributed by atoms with Crippen molar-refractivity contribution in [2.45, 2.75) is 4.90 Å². The molecular formula is C11H10ClNO2S. The fourth-order valence-corrected chi connectivity index (χ4v) is 2.99. The van der Waals surface area contributed by atoms with Gasteiger partial charge in [-0.1, -0.05) is 29.8 Å². The predicted molar refractivity (Wildman–Crippen MR) is 66.5 cm³/mol. The third-order valence-corrected chi connectivity index (χ3v) is 3.95. The lowest BCUT2D eigenvalue weighted by Gasteiger charge is -2.09. The molecule has 2 rings (SSSR count). The molecule has 3 nitrogen and oxygen atoms in total. The van der Waals surface area contributed by atoms with E-state index in [9.17, 15) is 9.00 Å². The van der Waals surface area contributed by atoms with Gasteiger partial charge in [-0.05, 0) is 6.07 Å². The Labute approximate surface area is 100 Å². The lowest BCUT2D eigenvalue weighted by atomic mass is 10.2. The molecule has 84 valence electrons. The Morgan fingerprint density at radius 2 is 1.94 bits per heavy atom. The zero-order valence-corrected chi connectivity index (χ0v) is 10.4. The van der Waals surface area contributed by atoms with E-state index in [0.29, 0.717) is 5.02 Å². The molecule has 0 aliphatic carbocycles. The van der Waals surface area contributed by atoms with Crippen molar-refractivity contribution < 1.29 is 4.21 Å². The molecule has 2 aromatic rings. The molecule has 16 heavy (non-hydrogen) atoms. The largest absolute Gasteiger partial charge is 0.310 e. The Bertz CT molecular complexity index is 648. The maximum absolute atomic E-state index is 11.9. The maximum atomic E-state index is 11.9. The monoisotopic (exact) mass is 255 g/mol. The molecule has 1 aromatic carbocycles. The Balaban J connectivity index is 3.07. The van der Waals surface area contributed by atoms with Gasteiger partial charge in [-0.3, -0.25) is 9.00 Å². The number of aryl methyl sites for hydroxylation is 1. The molecule has 1 unspecified atom stereocenters. The van der Waals surface area contributed by atoms with Gasteiger partial charge in [-0.25, -0.2) is 0 Å². The van der Waals surface area contributed by atoms with E-state index in [4.69, 9.17) is 11.6 Å². The SMILES string of the molecule is Cn1c(=O)c(S(C)=O)c(Cl)c2ccccc21. The van der Waals surface area contributed by atoms with E-state index in [1.54, 1.807) is 7.05 Å². The average Bonchev–Trinajstić information content (AvgIpc) is 2.26. The van der Waals surface area contributed by atoms with Crippen molar-refractivity contribution >= 4 is 33.3 Å². The van der Waals surface area contributed by atoms with Crippen molar-refractivity contribution in [3.8, 4) is 0 Å². The van der Waals surface area contributed by atoms with E-state index in [1.165, 1.54) is 10.8 Å². The summed E-state index contributed by atoms with van der Waals surface area (Å²) in [6, 6.07) is 7.29. The van der Waals surface area contributed by atoms with Crippen molar-refractivity contribution in [3.63, 3.8) is 0 Å². The Kier molecular flexibility index (Phi) is 2.86. The number of halogens is 1. The van der Waals surface area contributed by atoms with E-state index >= 15 is 0 Å². The summed E-state index contributed by atoms with van der Waals surface area (Å²) in [5.74, 6) is 0. The Morgan fingerprint density at radius 3 is 2.56 bits per heavy atom. The van der Waals surface area contributed by atoms with Gasteiger partial charge in [0.1, 0.15) is 4.90 Å². The maximum Gasteiger partial charge on any atom is 0.268 e. The molecule has 0 aliphatic heterocycles. The summed E-state index contributed by atoms with van der Waals surface area (Å²) in [5.41, 5.74) is 0.441. The molecular weight excluding hydrogens is 246 g/mol. The number of hydrogen-bond acceptors (Lipinski definition) is 2. The van der Waals surface area contributed by atoms with Crippen LogP contribution in [0.5, 0.6) is 0 Å². The normalized spacial score (nSPS) is 12.9. The van der Waals surface area contributed by atoms with E-state index in [1.807, 2.05) is 24.3 Å². The number of aromatic nitrogens is 1. The highest BCUT2D eigenvalue weighted by atomic mass is 35.5. The van der Waals surface area contributed by atoms with Gasteiger partial charge in [-0.15, -0.1) is 0 Å². The summed E-state index contributed by atoms with van der Waals surface area (Å²) >= 11 is 6.11. The quantitative estimate of drug-likeness (QED) is 0.781. The molecule has 1 atom stereocenters. The molecule has 0 N–H and O–H groups in total. The van der Waals surface area contributed by atoms with Crippen molar-refractivity contribution in [2.24, 2.45) is 7.05 Å². The smallest absolute Gasteiger partial charge is 0.268 e. The summed E-state index contributed by atoms with van der Waals surface area (Å²) in [7, 11) is 0.266. The van der Waals surface area contributed by atoms with Crippen molar-refractivity contribution in [1.82, 2.24) is 4.57 Å². The molecule has 0 amide bonds. The molecule has 1 aromatic heterocycles. The van der Waals surface area contributed by atoms with E-state index in [2.05, 4.69) is 0 Å². The van der Waals surface area contributed by atoms with Gasteiger partial charge in [-0.2, -0.15) is 0 Å². The number of rotatable bonds is 1. The zero-order chi connectivity index (χ0) is 11.9. The first kappa shape index (κ1) is 11.4.